The number of hydrogen-bond donors (Lipinski definition) is 1. The Bertz CT molecular complexity index is 370. The van der Waals surface area contributed by atoms with Crippen LogP contribution in [-0.4, -0.2) is 12.6 Å². The molecule has 1 aromatic carbocycles. The topological polar surface area (TPSA) is 12.0 Å². The van der Waals surface area contributed by atoms with Gasteiger partial charge in [0.05, 0.1) is 0 Å². The van der Waals surface area contributed by atoms with Crippen molar-refractivity contribution in [3.05, 3.63) is 35.4 Å². The normalized spacial score (nSPS) is 15.6. The summed E-state index contributed by atoms with van der Waals surface area (Å²) in [4.78, 5) is 0. The molecule has 108 valence electrons. The van der Waals surface area contributed by atoms with Crippen molar-refractivity contribution in [3.63, 3.8) is 0 Å². The average Bonchev–Trinajstić information content (AvgIpc) is 2.34. The predicted octanol–water partition coefficient (Wildman–Crippen LogP) is 4.72. The molecule has 0 fully saturated rings. The molecule has 1 N–H and O–H groups in total. The second-order valence-electron chi connectivity index (χ2n) is 7.20. The van der Waals surface area contributed by atoms with E-state index in [-0.39, 0.29) is 5.41 Å². The molecular formula is C18H31N. The number of rotatable bonds is 5. The molecule has 1 heteroatoms. The van der Waals surface area contributed by atoms with Gasteiger partial charge in [0.2, 0.25) is 0 Å². The first-order valence-electron chi connectivity index (χ1n) is 7.55. The largest absolute Gasteiger partial charge is 0.314 e. The van der Waals surface area contributed by atoms with Crippen molar-refractivity contribution in [1.29, 1.82) is 0 Å². The quantitative estimate of drug-likeness (QED) is 0.808. The van der Waals surface area contributed by atoms with Gasteiger partial charge in [-0.1, -0.05) is 72.7 Å². The summed E-state index contributed by atoms with van der Waals surface area (Å²) in [6.07, 6.45) is 0. The summed E-state index contributed by atoms with van der Waals surface area (Å²) < 4.78 is 0. The van der Waals surface area contributed by atoms with Crippen molar-refractivity contribution >= 4 is 0 Å². The molecule has 1 nitrogen and oxygen atoms in total. The molecule has 1 rings (SSSR count). The van der Waals surface area contributed by atoms with Crippen LogP contribution >= 0.6 is 0 Å². The summed E-state index contributed by atoms with van der Waals surface area (Å²) in [5.41, 5.74) is 3.11. The van der Waals surface area contributed by atoms with Crippen LogP contribution in [0.15, 0.2) is 24.3 Å². The molecule has 0 spiro atoms. The van der Waals surface area contributed by atoms with Crippen molar-refractivity contribution in [2.75, 3.05) is 6.54 Å². The maximum atomic E-state index is 3.53. The fourth-order valence-corrected chi connectivity index (χ4v) is 2.21. The smallest absolute Gasteiger partial charge is 0.00104 e. The second-order valence-corrected chi connectivity index (χ2v) is 7.20. The zero-order chi connectivity index (χ0) is 14.6. The van der Waals surface area contributed by atoms with Gasteiger partial charge in [-0.05, 0) is 34.9 Å². The van der Waals surface area contributed by atoms with Crippen molar-refractivity contribution in [2.45, 2.75) is 65.8 Å². The Labute approximate surface area is 119 Å². The minimum Gasteiger partial charge on any atom is -0.314 e. The lowest BCUT2D eigenvalue weighted by Crippen LogP contribution is -2.29. The van der Waals surface area contributed by atoms with Crippen molar-refractivity contribution in [3.8, 4) is 0 Å². The SMILES string of the molecule is CC(C)NCC(C)C(C)c1ccc(C(C)(C)C)cc1. The second kappa shape index (κ2) is 6.56. The van der Waals surface area contributed by atoms with Crippen LogP contribution in [0.5, 0.6) is 0 Å². The molecule has 0 bridgehead atoms. The predicted molar refractivity (Wildman–Crippen MR) is 85.9 cm³/mol. The van der Waals surface area contributed by atoms with E-state index in [1.165, 1.54) is 11.1 Å². The summed E-state index contributed by atoms with van der Waals surface area (Å²) >= 11 is 0. The number of hydrogen-bond acceptors (Lipinski definition) is 1. The van der Waals surface area contributed by atoms with Crippen LogP contribution in [0.25, 0.3) is 0 Å². The van der Waals surface area contributed by atoms with Gasteiger partial charge in [-0.15, -0.1) is 0 Å². The van der Waals surface area contributed by atoms with Crippen molar-refractivity contribution in [2.24, 2.45) is 5.92 Å². The van der Waals surface area contributed by atoms with Crippen LogP contribution in [0, 0.1) is 5.92 Å². The molecule has 1 aromatic rings. The number of nitrogens with one attached hydrogen (secondary N) is 1. The fourth-order valence-electron chi connectivity index (χ4n) is 2.21. The van der Waals surface area contributed by atoms with E-state index in [4.69, 9.17) is 0 Å². The van der Waals surface area contributed by atoms with Gasteiger partial charge >= 0.3 is 0 Å². The monoisotopic (exact) mass is 261 g/mol. The highest BCUT2D eigenvalue weighted by Gasteiger charge is 2.17. The van der Waals surface area contributed by atoms with Crippen molar-refractivity contribution in [1.82, 2.24) is 5.32 Å². The molecular weight excluding hydrogens is 230 g/mol. The lowest BCUT2D eigenvalue weighted by molar-refractivity contribution is 0.426. The highest BCUT2D eigenvalue weighted by atomic mass is 14.9. The van der Waals surface area contributed by atoms with Crippen LogP contribution in [0.1, 0.15) is 65.5 Å². The maximum absolute atomic E-state index is 3.53. The Balaban J connectivity index is 2.69. The van der Waals surface area contributed by atoms with E-state index >= 15 is 0 Å². The third-order valence-electron chi connectivity index (χ3n) is 4.00. The van der Waals surface area contributed by atoms with Crippen LogP contribution in [-0.2, 0) is 5.41 Å². The lowest BCUT2D eigenvalue weighted by atomic mass is 9.83. The first-order chi connectivity index (χ1) is 8.71. The Morgan fingerprint density at radius 3 is 1.89 bits per heavy atom. The first-order valence-corrected chi connectivity index (χ1v) is 7.55. The Morgan fingerprint density at radius 2 is 1.47 bits per heavy atom. The lowest BCUT2D eigenvalue weighted by Gasteiger charge is -2.24. The van der Waals surface area contributed by atoms with E-state index in [0.717, 1.165) is 6.54 Å². The Hall–Kier alpha value is -0.820. The summed E-state index contributed by atoms with van der Waals surface area (Å²) in [6.45, 7) is 16.9. The number of benzene rings is 1. The summed E-state index contributed by atoms with van der Waals surface area (Å²) in [5, 5.41) is 3.53. The molecule has 0 aliphatic heterocycles. The summed E-state index contributed by atoms with van der Waals surface area (Å²) in [5.74, 6) is 1.25. The fraction of sp³-hybridized carbons (Fsp3) is 0.667. The van der Waals surface area contributed by atoms with Gasteiger partial charge in [0.1, 0.15) is 0 Å². The molecule has 0 aliphatic rings. The van der Waals surface area contributed by atoms with E-state index in [1.807, 2.05) is 0 Å². The van der Waals surface area contributed by atoms with Crippen LogP contribution in [0.4, 0.5) is 0 Å². The minimum atomic E-state index is 0.243. The molecule has 0 aliphatic carbocycles. The van der Waals surface area contributed by atoms with Gasteiger partial charge in [0.15, 0.2) is 0 Å². The molecule has 0 heterocycles. The van der Waals surface area contributed by atoms with E-state index < -0.39 is 0 Å². The molecule has 0 saturated carbocycles. The first kappa shape index (κ1) is 16.2. The zero-order valence-electron chi connectivity index (χ0n) is 13.7. The van der Waals surface area contributed by atoms with Crippen molar-refractivity contribution < 1.29 is 0 Å². The molecule has 19 heavy (non-hydrogen) atoms. The molecule has 2 unspecified atom stereocenters. The molecule has 0 aromatic heterocycles. The summed E-state index contributed by atoms with van der Waals surface area (Å²) in [6, 6.07) is 9.75. The van der Waals surface area contributed by atoms with Gasteiger partial charge in [-0.2, -0.15) is 0 Å². The average molecular weight is 261 g/mol. The highest BCUT2D eigenvalue weighted by molar-refractivity contribution is 5.29. The molecule has 0 amide bonds. The van der Waals surface area contributed by atoms with Gasteiger partial charge in [-0.3, -0.25) is 0 Å². The van der Waals surface area contributed by atoms with Gasteiger partial charge in [0.25, 0.3) is 0 Å². The third-order valence-corrected chi connectivity index (χ3v) is 4.00. The highest BCUT2D eigenvalue weighted by Crippen LogP contribution is 2.27. The minimum absolute atomic E-state index is 0.243. The Morgan fingerprint density at radius 1 is 0.947 bits per heavy atom. The van der Waals surface area contributed by atoms with Gasteiger partial charge in [0, 0.05) is 6.04 Å². The molecule has 0 saturated heterocycles. The van der Waals surface area contributed by atoms with Gasteiger partial charge in [-0.25, -0.2) is 0 Å². The van der Waals surface area contributed by atoms with E-state index in [1.54, 1.807) is 0 Å². The van der Waals surface area contributed by atoms with Crippen LogP contribution < -0.4 is 5.32 Å². The standard InChI is InChI=1S/C18H31N/c1-13(2)19-12-14(3)15(4)16-8-10-17(11-9-16)18(5,6)7/h8-11,13-15,19H,12H2,1-7H3. The van der Waals surface area contributed by atoms with E-state index in [0.29, 0.717) is 17.9 Å². The maximum Gasteiger partial charge on any atom is 0.00104 e. The Kier molecular flexibility index (Phi) is 5.61. The zero-order valence-corrected chi connectivity index (χ0v) is 13.7. The summed E-state index contributed by atoms with van der Waals surface area (Å²) in [7, 11) is 0. The third kappa shape index (κ3) is 4.99. The van der Waals surface area contributed by atoms with E-state index in [9.17, 15) is 0 Å². The van der Waals surface area contributed by atoms with Crippen LogP contribution in [0.3, 0.4) is 0 Å². The molecule has 2 atom stereocenters. The van der Waals surface area contributed by atoms with Crippen LogP contribution in [0.2, 0.25) is 0 Å². The van der Waals surface area contributed by atoms with E-state index in [2.05, 4.69) is 78.0 Å². The molecule has 0 radical (unpaired) electrons. The van der Waals surface area contributed by atoms with Gasteiger partial charge < -0.3 is 5.32 Å².